The second-order valence-corrected chi connectivity index (χ2v) is 4.68. The van der Waals surface area contributed by atoms with Gasteiger partial charge in [0, 0.05) is 31.3 Å². The molecule has 1 amide bonds. The molecule has 0 saturated carbocycles. The van der Waals surface area contributed by atoms with Gasteiger partial charge in [-0.05, 0) is 31.0 Å². The van der Waals surface area contributed by atoms with E-state index in [1.807, 2.05) is 19.1 Å². The Hall–Kier alpha value is -1.55. The van der Waals surface area contributed by atoms with Crippen LogP contribution in [-0.2, 0) is 0 Å². The molecule has 1 aliphatic rings. The number of likely N-dealkylation sites (tertiary alicyclic amines) is 1. The largest absolute Gasteiger partial charge is 0.398 e. The van der Waals surface area contributed by atoms with Crippen molar-refractivity contribution in [1.29, 1.82) is 0 Å². The highest BCUT2D eigenvalue weighted by Crippen LogP contribution is 2.21. The standard InChI is InChI=1S/C13H18N2O2/c1-9-2-3-11(12(14)6-9)13(17)15-5-4-10(7-15)8-16/h2-3,6,10,16H,4-5,7-8,14H2,1H3. The Balaban J connectivity index is 2.15. The van der Waals surface area contributed by atoms with E-state index < -0.39 is 0 Å². The molecule has 3 N–H and O–H groups in total. The van der Waals surface area contributed by atoms with Crippen LogP contribution < -0.4 is 5.73 Å². The highest BCUT2D eigenvalue weighted by Gasteiger charge is 2.27. The molecular formula is C13H18N2O2. The molecule has 1 unspecified atom stereocenters. The van der Waals surface area contributed by atoms with E-state index in [4.69, 9.17) is 10.8 Å². The number of aryl methyl sites for hydroxylation is 1. The van der Waals surface area contributed by atoms with Crippen LogP contribution in [0, 0.1) is 12.8 Å². The van der Waals surface area contributed by atoms with E-state index in [2.05, 4.69) is 0 Å². The maximum Gasteiger partial charge on any atom is 0.255 e. The van der Waals surface area contributed by atoms with Gasteiger partial charge in [0.05, 0.1) is 5.56 Å². The smallest absolute Gasteiger partial charge is 0.255 e. The molecule has 0 radical (unpaired) electrons. The summed E-state index contributed by atoms with van der Waals surface area (Å²) < 4.78 is 0. The van der Waals surface area contributed by atoms with Gasteiger partial charge >= 0.3 is 0 Å². The van der Waals surface area contributed by atoms with E-state index in [9.17, 15) is 4.79 Å². The number of amides is 1. The Morgan fingerprint density at radius 1 is 1.59 bits per heavy atom. The third-order valence-corrected chi connectivity index (χ3v) is 3.27. The van der Waals surface area contributed by atoms with Crippen LogP contribution in [0.15, 0.2) is 18.2 Å². The lowest BCUT2D eigenvalue weighted by atomic mass is 10.1. The number of nitrogens with zero attached hydrogens (tertiary/aromatic N) is 1. The van der Waals surface area contributed by atoms with Crippen LogP contribution >= 0.6 is 0 Å². The molecule has 0 aromatic heterocycles. The van der Waals surface area contributed by atoms with Gasteiger partial charge in [-0.3, -0.25) is 4.79 Å². The highest BCUT2D eigenvalue weighted by atomic mass is 16.3. The van der Waals surface area contributed by atoms with Crippen LogP contribution in [0.2, 0.25) is 0 Å². The van der Waals surface area contributed by atoms with Crippen molar-refractivity contribution in [2.75, 3.05) is 25.4 Å². The summed E-state index contributed by atoms with van der Waals surface area (Å²) in [5.41, 5.74) is 8.00. The molecule has 1 aliphatic heterocycles. The fourth-order valence-electron chi connectivity index (χ4n) is 2.21. The van der Waals surface area contributed by atoms with Gasteiger partial charge in [0.2, 0.25) is 0 Å². The number of aliphatic hydroxyl groups is 1. The average molecular weight is 234 g/mol. The first-order chi connectivity index (χ1) is 8.11. The first kappa shape index (κ1) is 11.9. The van der Waals surface area contributed by atoms with Gasteiger partial charge in [0.25, 0.3) is 5.91 Å². The number of aliphatic hydroxyl groups excluding tert-OH is 1. The number of hydrogen-bond acceptors (Lipinski definition) is 3. The van der Waals surface area contributed by atoms with Gasteiger partial charge < -0.3 is 15.7 Å². The minimum atomic E-state index is -0.0292. The summed E-state index contributed by atoms with van der Waals surface area (Å²) in [6.07, 6.45) is 0.869. The molecule has 1 aromatic carbocycles. The number of benzene rings is 1. The summed E-state index contributed by atoms with van der Waals surface area (Å²) >= 11 is 0. The minimum Gasteiger partial charge on any atom is -0.398 e. The van der Waals surface area contributed by atoms with E-state index in [0.29, 0.717) is 24.3 Å². The summed E-state index contributed by atoms with van der Waals surface area (Å²) in [5.74, 6) is 0.184. The zero-order valence-electron chi connectivity index (χ0n) is 10.0. The molecular weight excluding hydrogens is 216 g/mol. The lowest BCUT2D eigenvalue weighted by Gasteiger charge is -2.17. The van der Waals surface area contributed by atoms with Crippen LogP contribution in [0.25, 0.3) is 0 Å². The number of nitrogen functional groups attached to an aromatic ring is 1. The lowest BCUT2D eigenvalue weighted by Crippen LogP contribution is -2.29. The molecule has 0 spiro atoms. The number of rotatable bonds is 2. The van der Waals surface area contributed by atoms with Crippen molar-refractivity contribution in [1.82, 2.24) is 4.90 Å². The van der Waals surface area contributed by atoms with E-state index in [-0.39, 0.29) is 18.4 Å². The normalized spacial score (nSPS) is 19.6. The second kappa shape index (κ2) is 4.75. The summed E-state index contributed by atoms with van der Waals surface area (Å²) in [5, 5.41) is 9.06. The summed E-state index contributed by atoms with van der Waals surface area (Å²) in [6.45, 7) is 3.43. The van der Waals surface area contributed by atoms with Gasteiger partial charge in [-0.15, -0.1) is 0 Å². The van der Waals surface area contributed by atoms with Gasteiger partial charge in [0.15, 0.2) is 0 Å². The molecule has 0 aliphatic carbocycles. The number of hydrogen-bond donors (Lipinski definition) is 2. The third-order valence-electron chi connectivity index (χ3n) is 3.27. The summed E-state index contributed by atoms with van der Waals surface area (Å²) in [6, 6.07) is 5.48. The quantitative estimate of drug-likeness (QED) is 0.751. The number of carbonyl (C=O) groups is 1. The maximum atomic E-state index is 12.2. The minimum absolute atomic E-state index is 0.0292. The summed E-state index contributed by atoms with van der Waals surface area (Å²) in [4.78, 5) is 14.0. The van der Waals surface area contributed by atoms with Crippen LogP contribution in [-0.4, -0.2) is 35.6 Å². The van der Waals surface area contributed by atoms with Crippen LogP contribution in [0.1, 0.15) is 22.3 Å². The molecule has 4 nitrogen and oxygen atoms in total. The SMILES string of the molecule is Cc1ccc(C(=O)N2CCC(CO)C2)c(N)c1. The van der Waals surface area contributed by atoms with E-state index >= 15 is 0 Å². The zero-order chi connectivity index (χ0) is 12.4. The Bertz CT molecular complexity index is 431. The molecule has 1 saturated heterocycles. The molecule has 1 aromatic rings. The molecule has 17 heavy (non-hydrogen) atoms. The van der Waals surface area contributed by atoms with E-state index in [1.165, 1.54) is 0 Å². The van der Waals surface area contributed by atoms with Crippen molar-refractivity contribution in [2.24, 2.45) is 5.92 Å². The number of nitrogens with two attached hydrogens (primary N) is 1. The predicted octanol–water partition coefficient (Wildman–Crippen LogP) is 1.03. The molecule has 1 atom stereocenters. The van der Waals surface area contributed by atoms with Gasteiger partial charge in [-0.2, -0.15) is 0 Å². The first-order valence-corrected chi connectivity index (χ1v) is 5.88. The van der Waals surface area contributed by atoms with Gasteiger partial charge in [-0.1, -0.05) is 6.07 Å². The number of anilines is 1. The van der Waals surface area contributed by atoms with Crippen molar-refractivity contribution in [2.45, 2.75) is 13.3 Å². The third kappa shape index (κ3) is 2.42. The molecule has 1 fully saturated rings. The van der Waals surface area contributed by atoms with Crippen molar-refractivity contribution in [3.05, 3.63) is 29.3 Å². The fourth-order valence-corrected chi connectivity index (χ4v) is 2.21. The predicted molar refractivity (Wildman–Crippen MR) is 66.7 cm³/mol. The van der Waals surface area contributed by atoms with E-state index in [1.54, 1.807) is 11.0 Å². The summed E-state index contributed by atoms with van der Waals surface area (Å²) in [7, 11) is 0. The molecule has 2 rings (SSSR count). The maximum absolute atomic E-state index is 12.2. The molecule has 92 valence electrons. The van der Waals surface area contributed by atoms with Gasteiger partial charge in [-0.25, -0.2) is 0 Å². The van der Waals surface area contributed by atoms with Crippen molar-refractivity contribution in [3.8, 4) is 0 Å². The Morgan fingerprint density at radius 2 is 2.35 bits per heavy atom. The van der Waals surface area contributed by atoms with Crippen molar-refractivity contribution < 1.29 is 9.90 Å². The zero-order valence-corrected chi connectivity index (χ0v) is 10.0. The van der Waals surface area contributed by atoms with Crippen LogP contribution in [0.3, 0.4) is 0 Å². The Labute approximate surface area is 101 Å². The van der Waals surface area contributed by atoms with E-state index in [0.717, 1.165) is 12.0 Å². The fraction of sp³-hybridized carbons (Fsp3) is 0.462. The first-order valence-electron chi connectivity index (χ1n) is 5.88. The molecule has 1 heterocycles. The van der Waals surface area contributed by atoms with Gasteiger partial charge in [0.1, 0.15) is 0 Å². The van der Waals surface area contributed by atoms with Crippen LogP contribution in [0.4, 0.5) is 5.69 Å². The van der Waals surface area contributed by atoms with Crippen LogP contribution in [0.5, 0.6) is 0 Å². The number of carbonyl (C=O) groups excluding carboxylic acids is 1. The molecule has 0 bridgehead atoms. The average Bonchev–Trinajstić information content (AvgIpc) is 2.76. The molecule has 4 heteroatoms. The monoisotopic (exact) mass is 234 g/mol. The van der Waals surface area contributed by atoms with Crippen molar-refractivity contribution in [3.63, 3.8) is 0 Å². The van der Waals surface area contributed by atoms with Crippen molar-refractivity contribution >= 4 is 11.6 Å². The highest BCUT2D eigenvalue weighted by molar-refractivity contribution is 5.99. The topological polar surface area (TPSA) is 66.6 Å². The Kier molecular flexibility index (Phi) is 3.33. The Morgan fingerprint density at radius 3 is 2.94 bits per heavy atom. The lowest BCUT2D eigenvalue weighted by molar-refractivity contribution is 0.0783. The second-order valence-electron chi connectivity index (χ2n) is 4.68.